The van der Waals surface area contributed by atoms with Gasteiger partial charge in [0.1, 0.15) is 0 Å². The van der Waals surface area contributed by atoms with E-state index in [1.807, 2.05) is 50.5 Å². The van der Waals surface area contributed by atoms with E-state index in [1.54, 1.807) is 11.8 Å². The van der Waals surface area contributed by atoms with E-state index in [4.69, 9.17) is 4.74 Å². The topological polar surface area (TPSA) is 24.8 Å². The highest BCUT2D eigenvalue weighted by molar-refractivity contribution is 8.14. The van der Waals surface area contributed by atoms with Crippen LogP contribution in [0.1, 0.15) is 11.1 Å². The molecular formula is C26H24N2OS. The number of aryl methyl sites for hydroxylation is 1. The molecule has 4 heteroatoms. The second kappa shape index (κ2) is 9.06. The van der Waals surface area contributed by atoms with Crippen molar-refractivity contribution in [1.29, 1.82) is 0 Å². The first kappa shape index (κ1) is 20.0. The van der Waals surface area contributed by atoms with Gasteiger partial charge in [0.05, 0.1) is 10.7 Å². The molecule has 0 spiro atoms. The highest BCUT2D eigenvalue weighted by atomic mass is 32.2. The van der Waals surface area contributed by atoms with Gasteiger partial charge in [-0.1, -0.05) is 72.4 Å². The number of allylic oxidation sites excluding steroid dienone is 2. The first-order valence-electron chi connectivity index (χ1n) is 9.85. The largest absolute Gasteiger partial charge is 0.439 e. The molecule has 0 fully saturated rings. The summed E-state index contributed by atoms with van der Waals surface area (Å²) >= 11 is 1.67. The van der Waals surface area contributed by atoms with E-state index in [-0.39, 0.29) is 0 Å². The number of fused-ring (bicyclic) bond motifs is 1. The molecule has 0 N–H and O–H groups in total. The van der Waals surface area contributed by atoms with Crippen molar-refractivity contribution in [2.24, 2.45) is 4.99 Å². The second-order valence-electron chi connectivity index (χ2n) is 7.01. The predicted octanol–water partition coefficient (Wildman–Crippen LogP) is 6.57. The van der Waals surface area contributed by atoms with Crippen LogP contribution in [0.25, 0.3) is 5.57 Å². The SMILES string of the molecule is C\N=C(/C=C(/C=C1/Oc2ccccc2N1C)c1ccccc1)Sc1ccccc1C. The van der Waals surface area contributed by atoms with E-state index in [9.17, 15) is 0 Å². The highest BCUT2D eigenvalue weighted by Gasteiger charge is 2.22. The molecule has 3 nitrogen and oxygen atoms in total. The van der Waals surface area contributed by atoms with E-state index in [0.29, 0.717) is 0 Å². The van der Waals surface area contributed by atoms with Gasteiger partial charge in [0.2, 0.25) is 5.88 Å². The van der Waals surface area contributed by atoms with Gasteiger partial charge >= 0.3 is 0 Å². The Bertz CT molecular complexity index is 1130. The maximum Gasteiger partial charge on any atom is 0.201 e. The number of benzene rings is 3. The zero-order valence-electron chi connectivity index (χ0n) is 17.4. The lowest BCUT2D eigenvalue weighted by Gasteiger charge is -2.13. The summed E-state index contributed by atoms with van der Waals surface area (Å²) in [5.74, 6) is 1.67. The number of nitrogens with zero attached hydrogens (tertiary/aromatic N) is 2. The molecule has 0 bridgehead atoms. The molecule has 0 saturated carbocycles. The average Bonchev–Trinajstić information content (AvgIpc) is 3.10. The fourth-order valence-corrected chi connectivity index (χ4v) is 4.15. The smallest absolute Gasteiger partial charge is 0.201 e. The maximum atomic E-state index is 6.12. The Morgan fingerprint density at radius 3 is 2.37 bits per heavy atom. The number of rotatable bonds is 4. The number of hydrogen-bond acceptors (Lipinski definition) is 4. The van der Waals surface area contributed by atoms with Gasteiger partial charge in [0.25, 0.3) is 0 Å². The van der Waals surface area contributed by atoms with Crippen molar-refractivity contribution in [3.8, 4) is 5.75 Å². The summed E-state index contributed by atoms with van der Waals surface area (Å²) in [5.41, 5.74) is 4.47. The van der Waals surface area contributed by atoms with Crippen LogP contribution in [-0.2, 0) is 0 Å². The summed E-state index contributed by atoms with van der Waals surface area (Å²) in [6.07, 6.45) is 4.21. The molecule has 0 unspecified atom stereocenters. The predicted molar refractivity (Wildman–Crippen MR) is 128 cm³/mol. The van der Waals surface area contributed by atoms with Crippen molar-refractivity contribution in [3.05, 3.63) is 108 Å². The zero-order chi connectivity index (χ0) is 20.9. The summed E-state index contributed by atoms with van der Waals surface area (Å²) in [5, 5.41) is 0.943. The quantitative estimate of drug-likeness (QED) is 0.275. The number of aliphatic imine (C=N–C) groups is 1. The monoisotopic (exact) mass is 412 g/mol. The lowest BCUT2D eigenvalue weighted by molar-refractivity contribution is 0.444. The van der Waals surface area contributed by atoms with Gasteiger partial charge in [-0.15, -0.1) is 0 Å². The van der Waals surface area contributed by atoms with Crippen molar-refractivity contribution in [1.82, 2.24) is 0 Å². The van der Waals surface area contributed by atoms with Crippen molar-refractivity contribution in [2.75, 3.05) is 19.0 Å². The number of anilines is 1. The lowest BCUT2D eigenvalue weighted by Crippen LogP contribution is -2.13. The minimum Gasteiger partial charge on any atom is -0.439 e. The number of thioether (sulfide) groups is 1. The van der Waals surface area contributed by atoms with Crippen LogP contribution in [0.3, 0.4) is 0 Å². The number of hydrogen-bond donors (Lipinski definition) is 0. The standard InChI is InChI=1S/C26H24N2OS/c1-19-11-7-10-16-24(19)30-25(27-2)17-21(20-12-5-4-6-13-20)18-26-28(3)22-14-8-9-15-23(22)29-26/h4-18H,1-3H3/b21-17-,26-18+,27-25+. The minimum atomic E-state index is 0.794. The Morgan fingerprint density at radius 2 is 1.63 bits per heavy atom. The Balaban J connectivity index is 1.71. The fraction of sp³-hybridized carbons (Fsp3) is 0.115. The zero-order valence-corrected chi connectivity index (χ0v) is 18.2. The maximum absolute atomic E-state index is 6.12. The van der Waals surface area contributed by atoms with Gasteiger partial charge in [-0.25, -0.2) is 0 Å². The van der Waals surface area contributed by atoms with Gasteiger partial charge < -0.3 is 9.64 Å². The van der Waals surface area contributed by atoms with Gasteiger partial charge in [0, 0.05) is 25.1 Å². The Hall–Kier alpha value is -3.24. The van der Waals surface area contributed by atoms with Crippen molar-refractivity contribution in [3.63, 3.8) is 0 Å². The average molecular weight is 413 g/mol. The van der Waals surface area contributed by atoms with Crippen molar-refractivity contribution < 1.29 is 4.74 Å². The molecule has 0 radical (unpaired) electrons. The van der Waals surface area contributed by atoms with Crippen LogP contribution in [-0.4, -0.2) is 19.1 Å². The third-order valence-corrected chi connectivity index (χ3v) is 6.15. The molecule has 0 atom stereocenters. The van der Waals surface area contributed by atoms with Crippen LogP contribution in [0.15, 0.2) is 107 Å². The summed E-state index contributed by atoms with van der Waals surface area (Å²) in [6.45, 7) is 2.12. The number of para-hydroxylation sites is 2. The Kier molecular flexibility index (Phi) is 6.05. The Morgan fingerprint density at radius 1 is 0.933 bits per heavy atom. The molecule has 1 aliphatic rings. The molecule has 0 amide bonds. The molecule has 1 heterocycles. The van der Waals surface area contributed by atoms with Crippen molar-refractivity contribution >= 4 is 28.1 Å². The van der Waals surface area contributed by atoms with Gasteiger partial charge in [-0.3, -0.25) is 4.99 Å². The summed E-state index contributed by atoms with van der Waals surface area (Å²) in [6, 6.07) is 26.8. The normalized spacial score (nSPS) is 15.3. The molecule has 1 aliphatic heterocycles. The molecule has 30 heavy (non-hydrogen) atoms. The molecule has 3 aromatic rings. The first-order valence-corrected chi connectivity index (χ1v) is 10.7. The van der Waals surface area contributed by atoms with Gasteiger partial charge in [-0.2, -0.15) is 0 Å². The van der Waals surface area contributed by atoms with Gasteiger partial charge in [-0.05, 0) is 47.9 Å². The third kappa shape index (κ3) is 4.34. The molecular weight excluding hydrogens is 388 g/mol. The first-order chi connectivity index (χ1) is 14.7. The van der Waals surface area contributed by atoms with E-state index >= 15 is 0 Å². The minimum absolute atomic E-state index is 0.794. The van der Waals surface area contributed by atoms with E-state index < -0.39 is 0 Å². The third-order valence-electron chi connectivity index (χ3n) is 4.97. The van der Waals surface area contributed by atoms with Crippen LogP contribution in [0.4, 0.5) is 5.69 Å². The lowest BCUT2D eigenvalue weighted by atomic mass is 10.1. The fourth-order valence-electron chi connectivity index (χ4n) is 3.27. The second-order valence-corrected chi connectivity index (χ2v) is 8.07. The van der Waals surface area contributed by atoms with Crippen molar-refractivity contribution in [2.45, 2.75) is 11.8 Å². The van der Waals surface area contributed by atoms with Gasteiger partial charge in [0.15, 0.2) is 5.75 Å². The van der Waals surface area contributed by atoms with Crippen LogP contribution in [0, 0.1) is 6.92 Å². The Labute approximate surface area is 182 Å². The van der Waals surface area contributed by atoms with Crippen LogP contribution in [0.5, 0.6) is 5.75 Å². The molecule has 0 aliphatic carbocycles. The molecule has 150 valence electrons. The molecule has 4 rings (SSSR count). The van der Waals surface area contributed by atoms with Crippen LogP contribution >= 0.6 is 11.8 Å². The van der Waals surface area contributed by atoms with E-state index in [1.165, 1.54) is 10.5 Å². The molecule has 0 saturated heterocycles. The molecule has 3 aromatic carbocycles. The molecule has 0 aromatic heterocycles. The van der Waals surface area contributed by atoms with E-state index in [2.05, 4.69) is 71.4 Å². The van der Waals surface area contributed by atoms with Crippen LogP contribution < -0.4 is 9.64 Å². The van der Waals surface area contributed by atoms with E-state index in [0.717, 1.165) is 33.5 Å². The highest BCUT2D eigenvalue weighted by Crippen LogP contribution is 2.38. The van der Waals surface area contributed by atoms with Crippen LogP contribution in [0.2, 0.25) is 0 Å². The summed E-state index contributed by atoms with van der Waals surface area (Å²) in [7, 11) is 3.86. The number of ether oxygens (including phenoxy) is 1. The summed E-state index contributed by atoms with van der Waals surface area (Å²) < 4.78 is 6.12. The summed E-state index contributed by atoms with van der Waals surface area (Å²) in [4.78, 5) is 7.82.